The van der Waals surface area contributed by atoms with Crippen LogP contribution < -0.4 is 0 Å². The monoisotopic (exact) mass is 339 g/mol. The lowest BCUT2D eigenvalue weighted by Crippen LogP contribution is -2.06. The van der Waals surface area contributed by atoms with Crippen molar-refractivity contribution in [3.63, 3.8) is 0 Å². The third-order valence-corrected chi connectivity index (χ3v) is 4.89. The van der Waals surface area contributed by atoms with Crippen LogP contribution in [0.3, 0.4) is 0 Å². The van der Waals surface area contributed by atoms with Gasteiger partial charge in [0.25, 0.3) is 0 Å². The summed E-state index contributed by atoms with van der Waals surface area (Å²) in [6.07, 6.45) is 0.838. The predicted molar refractivity (Wildman–Crippen MR) is 90.3 cm³/mol. The van der Waals surface area contributed by atoms with Crippen LogP contribution in [0.2, 0.25) is 0 Å². The van der Waals surface area contributed by atoms with E-state index in [9.17, 15) is 0 Å². The first-order valence-corrected chi connectivity index (χ1v) is 8.57. The summed E-state index contributed by atoms with van der Waals surface area (Å²) in [6.45, 7) is 6.56. The molecule has 0 bridgehead atoms. The largest absolute Gasteiger partial charge is 0.424 e. The third kappa shape index (κ3) is 2.87. The summed E-state index contributed by atoms with van der Waals surface area (Å²) in [4.78, 5) is 0. The lowest BCUT2D eigenvalue weighted by molar-refractivity contribution is 0.0996. The Morgan fingerprint density at radius 1 is 1.12 bits per heavy atom. The molecule has 1 fully saturated rings. The van der Waals surface area contributed by atoms with Gasteiger partial charge in [-0.1, -0.05) is 35.5 Å². The summed E-state index contributed by atoms with van der Waals surface area (Å²) in [7, 11) is 0. The minimum Gasteiger partial charge on any atom is -0.424 e. The van der Waals surface area contributed by atoms with Gasteiger partial charge in [0.15, 0.2) is 0 Å². The molecule has 1 aliphatic heterocycles. The zero-order chi connectivity index (χ0) is 17.4. The van der Waals surface area contributed by atoms with Crippen molar-refractivity contribution in [2.75, 3.05) is 6.61 Å². The van der Waals surface area contributed by atoms with Crippen LogP contribution in [-0.2, 0) is 4.74 Å². The summed E-state index contributed by atoms with van der Waals surface area (Å²) in [6, 6.07) is 10.2. The van der Waals surface area contributed by atoms with Gasteiger partial charge in [-0.05, 0) is 32.8 Å². The highest BCUT2D eigenvalue weighted by Gasteiger charge is 2.35. The van der Waals surface area contributed by atoms with Crippen LogP contribution in [0.15, 0.2) is 39.3 Å². The lowest BCUT2D eigenvalue weighted by Gasteiger charge is -2.15. The molecule has 3 atom stereocenters. The van der Waals surface area contributed by atoms with E-state index in [0.29, 0.717) is 18.4 Å². The van der Waals surface area contributed by atoms with Crippen molar-refractivity contribution in [3.05, 3.63) is 64.7 Å². The quantitative estimate of drug-likeness (QED) is 0.713. The van der Waals surface area contributed by atoms with Gasteiger partial charge in [0, 0.05) is 12.2 Å². The second kappa shape index (κ2) is 6.44. The lowest BCUT2D eigenvalue weighted by atomic mass is 9.95. The molecule has 1 saturated heterocycles. The molecule has 1 aliphatic rings. The molecule has 6 nitrogen and oxygen atoms in total. The summed E-state index contributed by atoms with van der Waals surface area (Å²) in [5.74, 6) is 2.05. The van der Waals surface area contributed by atoms with Crippen LogP contribution in [0.4, 0.5) is 0 Å². The Morgan fingerprint density at radius 3 is 2.64 bits per heavy atom. The minimum absolute atomic E-state index is 0.0381. The SMILES string of the molecule is Cc1noc(C)c1[C@@H](C)c1nnc([C@H]2CCO[C@@H]2c2ccccc2)o1. The molecule has 3 heterocycles. The smallest absolute Gasteiger partial charge is 0.223 e. The molecule has 4 rings (SSSR count). The molecule has 130 valence electrons. The summed E-state index contributed by atoms with van der Waals surface area (Å²) < 4.78 is 17.2. The highest BCUT2D eigenvalue weighted by Crippen LogP contribution is 2.41. The van der Waals surface area contributed by atoms with Crippen molar-refractivity contribution >= 4 is 0 Å². The number of ether oxygens (including phenoxy) is 1. The minimum atomic E-state index is -0.0509. The summed E-state index contributed by atoms with van der Waals surface area (Å²) in [5, 5.41) is 12.6. The van der Waals surface area contributed by atoms with Crippen molar-refractivity contribution < 1.29 is 13.7 Å². The van der Waals surface area contributed by atoms with E-state index in [2.05, 4.69) is 27.5 Å². The number of benzene rings is 1. The molecule has 3 aromatic rings. The first-order valence-electron chi connectivity index (χ1n) is 8.57. The molecule has 0 saturated carbocycles. The zero-order valence-electron chi connectivity index (χ0n) is 14.6. The Balaban J connectivity index is 1.61. The summed E-state index contributed by atoms with van der Waals surface area (Å²) in [5.41, 5.74) is 3.01. The average Bonchev–Trinajstić information content (AvgIpc) is 3.35. The van der Waals surface area contributed by atoms with E-state index >= 15 is 0 Å². The topological polar surface area (TPSA) is 74.2 Å². The van der Waals surface area contributed by atoms with Crippen LogP contribution in [0.25, 0.3) is 0 Å². The molecule has 1 aromatic carbocycles. The maximum Gasteiger partial charge on any atom is 0.223 e. The number of aryl methyl sites for hydroxylation is 2. The Bertz CT molecular complexity index is 836. The standard InChI is InChI=1S/C19H21N3O3/c1-11(16-12(2)22-25-13(16)3)18-20-21-19(24-18)15-9-10-23-17(15)14-7-5-4-6-8-14/h4-8,11,15,17H,9-10H2,1-3H3/t11-,15+,17-/m1/s1. The van der Waals surface area contributed by atoms with Gasteiger partial charge in [0.05, 0.1) is 23.6 Å². The van der Waals surface area contributed by atoms with Crippen LogP contribution in [0.1, 0.15) is 65.6 Å². The van der Waals surface area contributed by atoms with Gasteiger partial charge in [-0.15, -0.1) is 10.2 Å². The fraction of sp³-hybridized carbons (Fsp3) is 0.421. The van der Waals surface area contributed by atoms with Gasteiger partial charge < -0.3 is 13.7 Å². The maximum atomic E-state index is 6.04. The Labute approximate surface area is 146 Å². The van der Waals surface area contributed by atoms with Crippen LogP contribution in [0.5, 0.6) is 0 Å². The molecule has 2 aromatic heterocycles. The fourth-order valence-electron chi connectivity index (χ4n) is 3.62. The van der Waals surface area contributed by atoms with Crippen molar-refractivity contribution in [2.45, 2.75) is 45.1 Å². The van der Waals surface area contributed by atoms with E-state index in [-0.39, 0.29) is 17.9 Å². The summed E-state index contributed by atoms with van der Waals surface area (Å²) >= 11 is 0. The number of nitrogens with zero attached hydrogens (tertiary/aromatic N) is 3. The van der Waals surface area contributed by atoms with Crippen molar-refractivity contribution in [1.82, 2.24) is 15.4 Å². The van der Waals surface area contributed by atoms with Gasteiger partial charge >= 0.3 is 0 Å². The Hall–Kier alpha value is -2.47. The molecule has 0 N–H and O–H groups in total. The average molecular weight is 339 g/mol. The van der Waals surface area contributed by atoms with E-state index < -0.39 is 0 Å². The number of aromatic nitrogens is 3. The van der Waals surface area contributed by atoms with Gasteiger partial charge in [0.1, 0.15) is 5.76 Å². The highest BCUT2D eigenvalue weighted by molar-refractivity contribution is 5.29. The van der Waals surface area contributed by atoms with E-state index in [1.165, 1.54) is 0 Å². The number of hydrogen-bond donors (Lipinski definition) is 0. The molecule has 0 amide bonds. The second-order valence-corrected chi connectivity index (χ2v) is 6.54. The van der Waals surface area contributed by atoms with Gasteiger partial charge in [-0.3, -0.25) is 0 Å². The fourth-order valence-corrected chi connectivity index (χ4v) is 3.62. The van der Waals surface area contributed by atoms with E-state index in [0.717, 1.165) is 29.0 Å². The van der Waals surface area contributed by atoms with E-state index in [1.807, 2.05) is 39.0 Å². The maximum absolute atomic E-state index is 6.04. The number of rotatable bonds is 4. The van der Waals surface area contributed by atoms with Crippen LogP contribution in [0, 0.1) is 13.8 Å². The molecule has 0 radical (unpaired) electrons. The van der Waals surface area contributed by atoms with Gasteiger partial charge in [0.2, 0.25) is 11.8 Å². The molecular weight excluding hydrogens is 318 g/mol. The molecule has 0 unspecified atom stereocenters. The van der Waals surface area contributed by atoms with Gasteiger partial charge in [-0.25, -0.2) is 0 Å². The zero-order valence-corrected chi connectivity index (χ0v) is 14.6. The third-order valence-electron chi connectivity index (χ3n) is 4.89. The van der Waals surface area contributed by atoms with Crippen LogP contribution >= 0.6 is 0 Å². The molecule has 6 heteroatoms. The normalized spacial score (nSPS) is 21.6. The van der Waals surface area contributed by atoms with Crippen molar-refractivity contribution in [2.24, 2.45) is 0 Å². The van der Waals surface area contributed by atoms with Crippen molar-refractivity contribution in [3.8, 4) is 0 Å². The first-order chi connectivity index (χ1) is 12.1. The molecule has 0 spiro atoms. The van der Waals surface area contributed by atoms with E-state index in [1.54, 1.807) is 0 Å². The molecular formula is C19H21N3O3. The molecule has 25 heavy (non-hydrogen) atoms. The van der Waals surface area contributed by atoms with Crippen LogP contribution in [-0.4, -0.2) is 22.0 Å². The van der Waals surface area contributed by atoms with Gasteiger partial charge in [-0.2, -0.15) is 0 Å². The Kier molecular flexibility index (Phi) is 4.13. The number of hydrogen-bond acceptors (Lipinski definition) is 6. The second-order valence-electron chi connectivity index (χ2n) is 6.54. The van der Waals surface area contributed by atoms with Crippen molar-refractivity contribution in [1.29, 1.82) is 0 Å². The highest BCUT2D eigenvalue weighted by atomic mass is 16.5. The first kappa shape index (κ1) is 16.0. The predicted octanol–water partition coefficient (Wildman–Crippen LogP) is 4.07. The Morgan fingerprint density at radius 2 is 1.92 bits per heavy atom. The van der Waals surface area contributed by atoms with E-state index in [4.69, 9.17) is 13.7 Å². The molecule has 0 aliphatic carbocycles.